The number of benzene rings is 1. The number of aryl methyl sites for hydroxylation is 1. The number of nitrogens with one attached hydrogen (secondary N) is 1. The summed E-state index contributed by atoms with van der Waals surface area (Å²) in [5, 5.41) is 17.2. The molecule has 3 aromatic heterocycles. The molecular formula is C24H25FN6O3. The van der Waals surface area contributed by atoms with Gasteiger partial charge in [-0.1, -0.05) is 25.0 Å². The average molecular weight is 465 g/mol. The van der Waals surface area contributed by atoms with E-state index in [2.05, 4.69) is 15.4 Å². The summed E-state index contributed by atoms with van der Waals surface area (Å²) in [6, 6.07) is 6.24. The minimum absolute atomic E-state index is 0.0587. The van der Waals surface area contributed by atoms with Crippen LogP contribution in [0.2, 0.25) is 0 Å². The normalized spacial score (nSPS) is 18.3. The first kappa shape index (κ1) is 22.0. The Morgan fingerprint density at radius 1 is 1.24 bits per heavy atom. The van der Waals surface area contributed by atoms with Gasteiger partial charge in [-0.05, 0) is 25.0 Å². The molecule has 0 bridgehead atoms. The third kappa shape index (κ3) is 4.01. The van der Waals surface area contributed by atoms with E-state index in [0.29, 0.717) is 24.0 Å². The van der Waals surface area contributed by atoms with Crippen LogP contribution in [0.3, 0.4) is 0 Å². The number of amides is 1. The highest BCUT2D eigenvalue weighted by atomic mass is 19.1. The minimum Gasteiger partial charge on any atom is -0.391 e. The van der Waals surface area contributed by atoms with Crippen LogP contribution in [0.4, 0.5) is 4.39 Å². The molecule has 4 aromatic rings. The maximum atomic E-state index is 15.0. The second kappa shape index (κ2) is 8.86. The smallest absolute Gasteiger partial charge is 0.334 e. The van der Waals surface area contributed by atoms with Gasteiger partial charge in [0.05, 0.1) is 29.9 Å². The number of carbonyl (C=O) groups excluding carboxylic acids is 1. The van der Waals surface area contributed by atoms with E-state index in [1.54, 1.807) is 36.1 Å². The van der Waals surface area contributed by atoms with Crippen LogP contribution < -0.4 is 11.0 Å². The number of halogens is 1. The summed E-state index contributed by atoms with van der Waals surface area (Å²) in [6.07, 6.45) is 8.53. The van der Waals surface area contributed by atoms with Gasteiger partial charge in [0.25, 0.3) is 5.91 Å². The lowest BCUT2D eigenvalue weighted by Crippen LogP contribution is -2.45. The molecule has 1 fully saturated rings. The maximum Gasteiger partial charge on any atom is 0.334 e. The fourth-order valence-electron chi connectivity index (χ4n) is 4.54. The van der Waals surface area contributed by atoms with Crippen molar-refractivity contribution in [3.63, 3.8) is 0 Å². The quantitative estimate of drug-likeness (QED) is 0.471. The van der Waals surface area contributed by atoms with Gasteiger partial charge < -0.3 is 10.4 Å². The van der Waals surface area contributed by atoms with Gasteiger partial charge >= 0.3 is 5.69 Å². The number of carbonyl (C=O) groups is 1. The van der Waals surface area contributed by atoms with Crippen LogP contribution >= 0.6 is 0 Å². The second-order valence-corrected chi connectivity index (χ2v) is 8.65. The van der Waals surface area contributed by atoms with Crippen LogP contribution in [0, 0.1) is 5.82 Å². The molecule has 0 unspecified atom stereocenters. The van der Waals surface area contributed by atoms with Gasteiger partial charge in [-0.3, -0.25) is 18.4 Å². The van der Waals surface area contributed by atoms with Gasteiger partial charge in [0, 0.05) is 43.0 Å². The topological polar surface area (TPSA) is 106 Å². The number of nitrogens with zero attached hydrogens (tertiary/aromatic N) is 5. The van der Waals surface area contributed by atoms with Crippen LogP contribution in [0.25, 0.3) is 16.9 Å². The zero-order valence-corrected chi connectivity index (χ0v) is 18.7. The zero-order chi connectivity index (χ0) is 23.8. The molecule has 1 aliphatic carbocycles. The lowest BCUT2D eigenvalue weighted by Gasteiger charge is -2.28. The number of aliphatic hydroxyl groups is 1. The Kier molecular flexibility index (Phi) is 5.74. The van der Waals surface area contributed by atoms with Gasteiger partial charge in [0.2, 0.25) is 0 Å². The molecule has 0 radical (unpaired) electrons. The van der Waals surface area contributed by atoms with Crippen molar-refractivity contribution in [1.29, 1.82) is 0 Å². The Morgan fingerprint density at radius 3 is 2.79 bits per heavy atom. The van der Waals surface area contributed by atoms with E-state index in [4.69, 9.17) is 0 Å². The molecule has 34 heavy (non-hydrogen) atoms. The maximum absolute atomic E-state index is 15.0. The van der Waals surface area contributed by atoms with Crippen LogP contribution in [0.15, 0.2) is 53.8 Å². The zero-order valence-electron chi connectivity index (χ0n) is 18.7. The molecule has 2 atom stereocenters. The molecule has 0 aliphatic heterocycles. The predicted octanol–water partition coefficient (Wildman–Crippen LogP) is 2.12. The van der Waals surface area contributed by atoms with Gasteiger partial charge in [-0.15, -0.1) is 0 Å². The molecule has 5 rings (SSSR count). The van der Waals surface area contributed by atoms with Crippen molar-refractivity contribution in [3.05, 3.63) is 76.5 Å². The van der Waals surface area contributed by atoms with Crippen LogP contribution in [0.1, 0.15) is 41.6 Å². The number of aliphatic hydroxyl groups excluding tert-OH is 1. The molecule has 10 heteroatoms. The van der Waals surface area contributed by atoms with E-state index >= 15 is 0 Å². The van der Waals surface area contributed by atoms with E-state index in [1.807, 2.05) is 0 Å². The summed E-state index contributed by atoms with van der Waals surface area (Å²) in [4.78, 5) is 30.3. The Hall–Kier alpha value is -3.79. The first-order valence-electron chi connectivity index (χ1n) is 11.2. The molecule has 1 saturated carbocycles. The average Bonchev–Trinajstić information content (AvgIpc) is 3.48. The monoisotopic (exact) mass is 464 g/mol. The van der Waals surface area contributed by atoms with E-state index in [0.717, 1.165) is 18.5 Å². The summed E-state index contributed by atoms with van der Waals surface area (Å²) in [5.41, 5.74) is 1.72. The van der Waals surface area contributed by atoms with Crippen molar-refractivity contribution < 1.29 is 14.3 Å². The van der Waals surface area contributed by atoms with Crippen molar-refractivity contribution in [1.82, 2.24) is 29.0 Å². The number of hydrogen-bond donors (Lipinski definition) is 2. The second-order valence-electron chi connectivity index (χ2n) is 8.65. The van der Waals surface area contributed by atoms with Crippen LogP contribution in [-0.2, 0) is 13.6 Å². The summed E-state index contributed by atoms with van der Waals surface area (Å²) in [5.74, 6) is -0.893. The fraction of sp³-hybridized carbons (Fsp3) is 0.333. The summed E-state index contributed by atoms with van der Waals surface area (Å²) in [7, 11) is 1.78. The van der Waals surface area contributed by atoms with Crippen LogP contribution in [-0.4, -0.2) is 46.9 Å². The van der Waals surface area contributed by atoms with Crippen molar-refractivity contribution >= 4 is 11.6 Å². The van der Waals surface area contributed by atoms with Crippen molar-refractivity contribution in [3.8, 4) is 11.3 Å². The Labute approximate surface area is 194 Å². The molecule has 1 aromatic carbocycles. The molecule has 176 valence electrons. The third-order valence-corrected chi connectivity index (χ3v) is 6.42. The van der Waals surface area contributed by atoms with Gasteiger partial charge in [0.15, 0.2) is 5.65 Å². The number of aromatic nitrogens is 5. The number of hydrogen-bond acceptors (Lipinski definition) is 5. The van der Waals surface area contributed by atoms with Crippen molar-refractivity contribution in [2.45, 2.75) is 44.4 Å². The number of rotatable bonds is 5. The molecule has 2 N–H and O–H groups in total. The Bertz CT molecular complexity index is 1420. The summed E-state index contributed by atoms with van der Waals surface area (Å²) in [6.45, 7) is -0.0587. The van der Waals surface area contributed by atoms with E-state index < -0.39 is 23.5 Å². The van der Waals surface area contributed by atoms with E-state index in [-0.39, 0.29) is 23.8 Å². The predicted molar refractivity (Wildman–Crippen MR) is 123 cm³/mol. The lowest BCUT2D eigenvalue weighted by molar-refractivity contribution is 0.0717. The SMILES string of the molecule is Cn1nccc1-c1ccc(Cn2cc(C(=O)N[C@H]3CCCC[C@@H]3O)c3nccn3c2=O)c(F)c1. The van der Waals surface area contributed by atoms with Gasteiger partial charge in [-0.25, -0.2) is 14.2 Å². The molecular weight excluding hydrogens is 439 g/mol. The summed E-state index contributed by atoms with van der Waals surface area (Å²) >= 11 is 0. The van der Waals surface area contributed by atoms with Gasteiger partial charge in [0.1, 0.15) is 5.82 Å². The minimum atomic E-state index is -0.605. The molecule has 1 aliphatic rings. The Morgan fingerprint density at radius 2 is 2.06 bits per heavy atom. The molecule has 1 amide bonds. The van der Waals surface area contributed by atoms with E-state index in [1.165, 1.54) is 33.6 Å². The fourth-order valence-corrected chi connectivity index (χ4v) is 4.54. The standard InChI is InChI=1S/C24H25FN6O3/c1-29-20(8-9-27-29)15-6-7-16(18(25)12-15)13-30-14-17(22-26-10-11-31(22)24(30)34)23(33)28-19-4-2-3-5-21(19)32/h6-12,14,19,21,32H,2-5,13H2,1H3,(H,28,33)/t19-,21-/m0/s1. The highest BCUT2D eigenvalue weighted by Crippen LogP contribution is 2.22. The third-order valence-electron chi connectivity index (χ3n) is 6.42. The van der Waals surface area contributed by atoms with Crippen molar-refractivity contribution in [2.75, 3.05) is 0 Å². The van der Waals surface area contributed by atoms with Crippen molar-refractivity contribution in [2.24, 2.45) is 7.05 Å². The molecule has 0 spiro atoms. The van der Waals surface area contributed by atoms with E-state index in [9.17, 15) is 19.1 Å². The van der Waals surface area contributed by atoms with Gasteiger partial charge in [-0.2, -0.15) is 5.10 Å². The highest BCUT2D eigenvalue weighted by Gasteiger charge is 2.26. The molecule has 9 nitrogen and oxygen atoms in total. The lowest BCUT2D eigenvalue weighted by atomic mass is 9.92. The first-order valence-corrected chi connectivity index (χ1v) is 11.2. The first-order chi connectivity index (χ1) is 16.4. The molecule has 3 heterocycles. The number of fused-ring (bicyclic) bond motifs is 1. The highest BCUT2D eigenvalue weighted by molar-refractivity contribution is 5.99. The number of imidazole rings is 1. The molecule has 0 saturated heterocycles. The largest absolute Gasteiger partial charge is 0.391 e. The summed E-state index contributed by atoms with van der Waals surface area (Å²) < 4.78 is 19.2. The van der Waals surface area contributed by atoms with Crippen LogP contribution in [0.5, 0.6) is 0 Å². The Balaban J connectivity index is 1.47.